The van der Waals surface area contributed by atoms with Gasteiger partial charge in [-0.05, 0) is 62.2 Å². The van der Waals surface area contributed by atoms with Gasteiger partial charge in [0.25, 0.3) is 0 Å². The van der Waals surface area contributed by atoms with Crippen LogP contribution in [-0.2, 0) is 14.3 Å². The van der Waals surface area contributed by atoms with Crippen molar-refractivity contribution in [3.05, 3.63) is 23.8 Å². The zero-order chi connectivity index (χ0) is 19.1. The largest absolute Gasteiger partial charge is 0.460 e. The van der Waals surface area contributed by atoms with Gasteiger partial charge in [-0.25, -0.2) is 4.79 Å². The van der Waals surface area contributed by atoms with Gasteiger partial charge in [-0.15, -0.1) is 0 Å². The Morgan fingerprint density at radius 2 is 2.12 bits per heavy atom. The van der Waals surface area contributed by atoms with Crippen molar-refractivity contribution in [2.75, 3.05) is 6.61 Å². The minimum atomic E-state index is -0.611. The molecule has 3 aliphatic rings. The van der Waals surface area contributed by atoms with Crippen LogP contribution >= 0.6 is 0 Å². The third-order valence-electron chi connectivity index (χ3n) is 7.50. The van der Waals surface area contributed by atoms with Gasteiger partial charge in [0.1, 0.15) is 6.61 Å². The first-order chi connectivity index (χ1) is 12.2. The van der Waals surface area contributed by atoms with E-state index in [9.17, 15) is 14.7 Å². The molecule has 0 radical (unpaired) electrons. The van der Waals surface area contributed by atoms with Gasteiger partial charge in [-0.2, -0.15) is 0 Å². The topological polar surface area (TPSA) is 75.6 Å². The Kier molecular flexibility index (Phi) is 5.04. The van der Waals surface area contributed by atoms with Crippen molar-refractivity contribution < 1.29 is 19.4 Å². The average Bonchev–Trinajstić information content (AvgIpc) is 2.92. The molecule has 144 valence electrons. The molecule has 26 heavy (non-hydrogen) atoms. The van der Waals surface area contributed by atoms with Crippen LogP contribution in [0.2, 0.25) is 0 Å². The van der Waals surface area contributed by atoms with E-state index in [4.69, 9.17) is 4.74 Å². The SMILES string of the molecule is C=C1CC[C@@H]2[C@@H](C)[C@](C)(O)CC[C@@]2(C)[C@@H]1C/C=C1/C(=O)OCC1NC=O. The fourth-order valence-electron chi connectivity index (χ4n) is 5.53. The van der Waals surface area contributed by atoms with Gasteiger partial charge in [0.2, 0.25) is 6.41 Å². The number of hydrogen-bond donors (Lipinski definition) is 2. The molecule has 1 saturated heterocycles. The molecule has 3 fully saturated rings. The molecule has 6 atom stereocenters. The summed E-state index contributed by atoms with van der Waals surface area (Å²) in [5, 5.41) is 13.4. The van der Waals surface area contributed by atoms with Crippen LogP contribution in [0.15, 0.2) is 23.8 Å². The van der Waals surface area contributed by atoms with Crippen LogP contribution in [-0.4, -0.2) is 35.7 Å². The number of rotatable bonds is 4. The number of esters is 1. The van der Waals surface area contributed by atoms with Gasteiger partial charge in [-0.3, -0.25) is 4.79 Å². The van der Waals surface area contributed by atoms with Crippen LogP contribution in [0.1, 0.15) is 52.9 Å². The number of cyclic esters (lactones) is 1. The predicted octanol–water partition coefficient (Wildman–Crippen LogP) is 2.74. The van der Waals surface area contributed by atoms with Crippen LogP contribution < -0.4 is 5.32 Å². The van der Waals surface area contributed by atoms with E-state index in [0.717, 1.165) is 32.1 Å². The maximum atomic E-state index is 12.0. The lowest BCUT2D eigenvalue weighted by Gasteiger charge is -2.58. The van der Waals surface area contributed by atoms with Crippen molar-refractivity contribution in [3.63, 3.8) is 0 Å². The molecule has 1 heterocycles. The van der Waals surface area contributed by atoms with Crippen molar-refractivity contribution in [3.8, 4) is 0 Å². The Balaban J connectivity index is 1.84. The van der Waals surface area contributed by atoms with E-state index in [1.165, 1.54) is 5.57 Å². The Morgan fingerprint density at radius 1 is 1.38 bits per heavy atom. The molecule has 2 N–H and O–H groups in total. The van der Waals surface area contributed by atoms with Gasteiger partial charge in [0.05, 0.1) is 17.2 Å². The first-order valence-electron chi connectivity index (χ1n) is 9.67. The van der Waals surface area contributed by atoms with E-state index in [0.29, 0.717) is 17.9 Å². The van der Waals surface area contributed by atoms with Gasteiger partial charge in [-0.1, -0.05) is 32.1 Å². The minimum Gasteiger partial charge on any atom is -0.460 e. The third-order valence-corrected chi connectivity index (χ3v) is 7.50. The monoisotopic (exact) mass is 361 g/mol. The standard InChI is InChI=1S/C21H31NO4/c1-13-5-7-17-14(2)21(4,25)10-9-20(17,3)16(13)8-6-15-18(22-12-23)11-26-19(15)24/h6,12,14,16-18,25H,1,5,7-11H2,2-4H3,(H,22,23)/b15-6+/t14-,16-,17-,18?,20+,21-/m1/s1. The second-order valence-electron chi connectivity index (χ2n) is 8.84. The molecule has 0 bridgehead atoms. The van der Waals surface area contributed by atoms with E-state index in [1.54, 1.807) is 0 Å². The Labute approximate surface area is 155 Å². The number of allylic oxidation sites excluding steroid dienone is 2. The van der Waals surface area contributed by atoms with Crippen molar-refractivity contribution in [1.82, 2.24) is 5.32 Å². The summed E-state index contributed by atoms with van der Waals surface area (Å²) in [6, 6.07) is -0.355. The van der Waals surface area contributed by atoms with Crippen molar-refractivity contribution in [2.45, 2.75) is 64.5 Å². The molecule has 0 aromatic heterocycles. The summed E-state index contributed by atoms with van der Waals surface area (Å²) < 4.78 is 5.09. The zero-order valence-corrected chi connectivity index (χ0v) is 16.1. The molecule has 3 rings (SSSR count). The summed E-state index contributed by atoms with van der Waals surface area (Å²) in [5.74, 6) is 0.620. The number of ether oxygens (including phenoxy) is 1. The van der Waals surface area contributed by atoms with E-state index >= 15 is 0 Å². The van der Waals surface area contributed by atoms with E-state index in [1.807, 2.05) is 13.0 Å². The molecule has 0 spiro atoms. The van der Waals surface area contributed by atoms with Crippen LogP contribution in [0.25, 0.3) is 0 Å². The average molecular weight is 361 g/mol. The van der Waals surface area contributed by atoms with Crippen molar-refractivity contribution in [1.29, 1.82) is 0 Å². The number of fused-ring (bicyclic) bond motifs is 1. The zero-order valence-electron chi connectivity index (χ0n) is 16.1. The van der Waals surface area contributed by atoms with E-state index in [-0.39, 0.29) is 35.9 Å². The Morgan fingerprint density at radius 3 is 2.81 bits per heavy atom. The predicted molar refractivity (Wildman–Crippen MR) is 99.1 cm³/mol. The highest BCUT2D eigenvalue weighted by molar-refractivity contribution is 5.92. The molecule has 0 aromatic carbocycles. The minimum absolute atomic E-state index is 0.0736. The smallest absolute Gasteiger partial charge is 0.336 e. The number of carbonyl (C=O) groups excluding carboxylic acids is 2. The number of amides is 1. The summed E-state index contributed by atoms with van der Waals surface area (Å²) in [6.45, 7) is 11.0. The summed E-state index contributed by atoms with van der Waals surface area (Å²) >= 11 is 0. The fourth-order valence-corrected chi connectivity index (χ4v) is 5.53. The van der Waals surface area contributed by atoms with Crippen molar-refractivity contribution in [2.24, 2.45) is 23.2 Å². The lowest BCUT2D eigenvalue weighted by molar-refractivity contribution is -0.135. The van der Waals surface area contributed by atoms with Crippen LogP contribution in [0.4, 0.5) is 0 Å². The molecule has 5 heteroatoms. The molecule has 2 aliphatic carbocycles. The maximum absolute atomic E-state index is 12.0. The molecular weight excluding hydrogens is 330 g/mol. The van der Waals surface area contributed by atoms with Gasteiger partial charge in [0.15, 0.2) is 0 Å². The summed E-state index contributed by atoms with van der Waals surface area (Å²) in [7, 11) is 0. The molecular formula is C21H31NO4. The lowest BCUT2D eigenvalue weighted by Crippen LogP contribution is -2.54. The second-order valence-corrected chi connectivity index (χ2v) is 8.84. The molecule has 5 nitrogen and oxygen atoms in total. The van der Waals surface area contributed by atoms with Gasteiger partial charge >= 0.3 is 5.97 Å². The number of nitrogens with one attached hydrogen (secondary N) is 1. The highest BCUT2D eigenvalue weighted by atomic mass is 16.5. The fraction of sp³-hybridized carbons (Fsp3) is 0.714. The number of aliphatic hydroxyl groups is 1. The Bertz CT molecular complexity index is 638. The summed E-state index contributed by atoms with van der Waals surface area (Å²) in [6.07, 6.45) is 7.06. The van der Waals surface area contributed by atoms with Crippen LogP contribution in [0.5, 0.6) is 0 Å². The molecule has 1 unspecified atom stereocenters. The molecule has 2 saturated carbocycles. The maximum Gasteiger partial charge on any atom is 0.336 e. The van der Waals surface area contributed by atoms with E-state index in [2.05, 4.69) is 25.7 Å². The Hall–Kier alpha value is -1.62. The van der Waals surface area contributed by atoms with E-state index < -0.39 is 5.60 Å². The summed E-state index contributed by atoms with van der Waals surface area (Å²) in [4.78, 5) is 22.8. The third kappa shape index (κ3) is 3.11. The van der Waals surface area contributed by atoms with Gasteiger partial charge in [0, 0.05) is 0 Å². The number of hydrogen-bond acceptors (Lipinski definition) is 4. The van der Waals surface area contributed by atoms with Crippen molar-refractivity contribution >= 4 is 12.4 Å². The first kappa shape index (κ1) is 19.2. The molecule has 1 amide bonds. The first-order valence-corrected chi connectivity index (χ1v) is 9.67. The normalized spacial score (nSPS) is 44.5. The highest BCUT2D eigenvalue weighted by Crippen LogP contribution is 2.59. The summed E-state index contributed by atoms with van der Waals surface area (Å²) in [5.41, 5.74) is 1.25. The lowest BCUT2D eigenvalue weighted by atomic mass is 9.48. The molecule has 0 aromatic rings. The number of carbonyl (C=O) groups is 2. The molecule has 1 aliphatic heterocycles. The highest BCUT2D eigenvalue weighted by Gasteiger charge is 2.54. The quantitative estimate of drug-likeness (QED) is 0.349. The van der Waals surface area contributed by atoms with Crippen LogP contribution in [0, 0.1) is 23.2 Å². The van der Waals surface area contributed by atoms with Gasteiger partial charge < -0.3 is 15.2 Å². The van der Waals surface area contributed by atoms with Crippen LogP contribution in [0.3, 0.4) is 0 Å². The second kappa shape index (κ2) is 6.84.